The van der Waals surface area contributed by atoms with Crippen molar-refractivity contribution < 1.29 is 4.92 Å². The second-order valence-electron chi connectivity index (χ2n) is 2.94. The van der Waals surface area contributed by atoms with Crippen LogP contribution in [0, 0.1) is 10.1 Å². The Kier molecular flexibility index (Phi) is 8.31. The van der Waals surface area contributed by atoms with Gasteiger partial charge >= 0.3 is 0 Å². The van der Waals surface area contributed by atoms with Crippen LogP contribution in [0.3, 0.4) is 0 Å². The average Bonchev–Trinajstić information content (AvgIpc) is 2.16. The van der Waals surface area contributed by atoms with E-state index in [1.165, 1.54) is 17.2 Å². The van der Waals surface area contributed by atoms with Crippen LogP contribution >= 0.6 is 24.0 Å². The van der Waals surface area contributed by atoms with Gasteiger partial charge in [-0.15, -0.1) is 0 Å². The Hall–Kier alpha value is -0.620. The van der Waals surface area contributed by atoms with E-state index in [1.807, 2.05) is 0 Å². The fraction of sp³-hybridized carbons (Fsp3) is 0.667. The number of nitrogens with zero attached hydrogens (tertiary/aromatic N) is 2. The lowest BCUT2D eigenvalue weighted by molar-refractivity contribution is -0.402. The second-order valence-corrected chi connectivity index (χ2v) is 4.48. The monoisotopic (exact) mass is 248 g/mol. The highest BCUT2D eigenvalue weighted by molar-refractivity contribution is 8.24. The van der Waals surface area contributed by atoms with Crippen molar-refractivity contribution in [1.82, 2.24) is 4.90 Å². The molecule has 0 fully saturated rings. The molecular formula is C9H16N2O2S2. The largest absolute Gasteiger partial charge is 0.357 e. The summed E-state index contributed by atoms with van der Waals surface area (Å²) in [7, 11) is 0. The van der Waals surface area contributed by atoms with E-state index < -0.39 is 4.92 Å². The third-order valence-corrected chi connectivity index (χ3v) is 2.86. The van der Waals surface area contributed by atoms with E-state index >= 15 is 0 Å². The standard InChI is InChI=1S/C9H16N2O2S2/c1-3-5-10(6-4-2)9(14)15-8-7-11(12)13/h7-8H,3-6H2,1-2H3/b8-7-. The number of thiocarbonyl (C=S) groups is 1. The van der Waals surface area contributed by atoms with Crippen molar-refractivity contribution in [3.63, 3.8) is 0 Å². The Morgan fingerprint density at radius 3 is 2.40 bits per heavy atom. The third-order valence-electron chi connectivity index (χ3n) is 1.60. The Bertz CT molecular complexity index is 238. The second kappa shape index (κ2) is 8.67. The van der Waals surface area contributed by atoms with Crippen molar-refractivity contribution in [3.8, 4) is 0 Å². The van der Waals surface area contributed by atoms with E-state index in [9.17, 15) is 10.1 Å². The summed E-state index contributed by atoms with van der Waals surface area (Å²) in [5.41, 5.74) is 0. The number of rotatable bonds is 6. The molecule has 0 atom stereocenters. The van der Waals surface area contributed by atoms with Gasteiger partial charge in [0.2, 0.25) is 6.20 Å². The Morgan fingerprint density at radius 2 is 2.00 bits per heavy atom. The first-order valence-corrected chi connectivity index (χ1v) is 6.16. The molecule has 4 nitrogen and oxygen atoms in total. The van der Waals surface area contributed by atoms with Crippen LogP contribution in [0.4, 0.5) is 0 Å². The topological polar surface area (TPSA) is 46.4 Å². The minimum Gasteiger partial charge on any atom is -0.357 e. The normalized spacial score (nSPS) is 10.5. The molecule has 0 saturated carbocycles. The van der Waals surface area contributed by atoms with Crippen LogP contribution in [0.25, 0.3) is 0 Å². The zero-order chi connectivity index (χ0) is 11.7. The molecule has 15 heavy (non-hydrogen) atoms. The van der Waals surface area contributed by atoms with Gasteiger partial charge in [-0.2, -0.15) is 0 Å². The van der Waals surface area contributed by atoms with Crippen LogP contribution in [0.2, 0.25) is 0 Å². The lowest BCUT2D eigenvalue weighted by Crippen LogP contribution is -2.28. The molecular weight excluding hydrogens is 232 g/mol. The first kappa shape index (κ1) is 14.4. The molecule has 0 heterocycles. The molecule has 0 aromatic carbocycles. The molecule has 0 aliphatic heterocycles. The molecule has 0 bridgehead atoms. The summed E-state index contributed by atoms with van der Waals surface area (Å²) in [5.74, 6) is 0. The lowest BCUT2D eigenvalue weighted by Gasteiger charge is -2.22. The van der Waals surface area contributed by atoms with Crippen molar-refractivity contribution in [2.75, 3.05) is 13.1 Å². The highest BCUT2D eigenvalue weighted by Crippen LogP contribution is 2.11. The van der Waals surface area contributed by atoms with Crippen molar-refractivity contribution in [3.05, 3.63) is 21.7 Å². The number of thioether (sulfide) groups is 1. The molecule has 0 spiro atoms. The maximum absolute atomic E-state index is 10.1. The molecule has 0 amide bonds. The average molecular weight is 248 g/mol. The molecule has 0 N–H and O–H groups in total. The first-order chi connectivity index (χ1) is 7.11. The van der Waals surface area contributed by atoms with Gasteiger partial charge in [-0.3, -0.25) is 10.1 Å². The zero-order valence-corrected chi connectivity index (χ0v) is 10.6. The van der Waals surface area contributed by atoms with Crippen molar-refractivity contribution in [1.29, 1.82) is 0 Å². The summed E-state index contributed by atoms with van der Waals surface area (Å²) in [6.07, 6.45) is 2.96. The lowest BCUT2D eigenvalue weighted by atomic mass is 10.4. The minimum atomic E-state index is -0.487. The number of nitro groups is 1. The molecule has 0 radical (unpaired) electrons. The third kappa shape index (κ3) is 7.33. The maximum Gasteiger partial charge on any atom is 0.241 e. The Morgan fingerprint density at radius 1 is 1.47 bits per heavy atom. The summed E-state index contributed by atoms with van der Waals surface area (Å²) in [6, 6.07) is 0. The van der Waals surface area contributed by atoms with E-state index in [4.69, 9.17) is 12.2 Å². The summed E-state index contributed by atoms with van der Waals surface area (Å²) in [6.45, 7) is 5.99. The summed E-state index contributed by atoms with van der Waals surface area (Å²) >= 11 is 6.40. The van der Waals surface area contributed by atoms with Crippen LogP contribution in [-0.2, 0) is 0 Å². The molecule has 0 unspecified atom stereocenters. The highest BCUT2D eigenvalue weighted by atomic mass is 32.2. The summed E-state index contributed by atoms with van der Waals surface area (Å²) in [4.78, 5) is 11.6. The van der Waals surface area contributed by atoms with Crippen molar-refractivity contribution >= 4 is 28.3 Å². The predicted molar refractivity (Wildman–Crippen MR) is 68.5 cm³/mol. The fourth-order valence-corrected chi connectivity index (χ4v) is 2.00. The van der Waals surface area contributed by atoms with Gasteiger partial charge in [0.25, 0.3) is 0 Å². The van der Waals surface area contributed by atoms with Crippen LogP contribution < -0.4 is 0 Å². The Balaban J connectivity index is 4.07. The van der Waals surface area contributed by atoms with Gasteiger partial charge in [0.05, 0.1) is 4.92 Å². The highest BCUT2D eigenvalue weighted by Gasteiger charge is 2.06. The van der Waals surface area contributed by atoms with E-state index in [2.05, 4.69) is 18.7 Å². The van der Waals surface area contributed by atoms with Crippen LogP contribution in [0.5, 0.6) is 0 Å². The van der Waals surface area contributed by atoms with Crippen LogP contribution in [0.1, 0.15) is 26.7 Å². The van der Waals surface area contributed by atoms with E-state index in [0.29, 0.717) is 4.32 Å². The Labute approximate surface area is 99.9 Å². The molecule has 86 valence electrons. The van der Waals surface area contributed by atoms with Gasteiger partial charge in [-0.25, -0.2) is 0 Å². The van der Waals surface area contributed by atoms with Gasteiger partial charge in [-0.05, 0) is 12.8 Å². The van der Waals surface area contributed by atoms with Crippen molar-refractivity contribution in [2.24, 2.45) is 0 Å². The first-order valence-electron chi connectivity index (χ1n) is 4.87. The fourth-order valence-electron chi connectivity index (χ4n) is 1.05. The molecule has 0 aromatic rings. The zero-order valence-electron chi connectivity index (χ0n) is 9.01. The van der Waals surface area contributed by atoms with Gasteiger partial charge in [0.15, 0.2) is 0 Å². The van der Waals surface area contributed by atoms with Crippen LogP contribution in [0.15, 0.2) is 11.6 Å². The summed E-state index contributed by atoms with van der Waals surface area (Å²) in [5, 5.41) is 11.5. The molecule has 0 aliphatic rings. The molecule has 6 heteroatoms. The molecule has 0 aliphatic carbocycles. The predicted octanol–water partition coefficient (Wildman–Crippen LogP) is 2.87. The van der Waals surface area contributed by atoms with Gasteiger partial charge < -0.3 is 4.90 Å². The minimum absolute atomic E-state index is 0.487. The van der Waals surface area contributed by atoms with E-state index in [1.54, 1.807) is 0 Å². The molecule has 0 saturated heterocycles. The van der Waals surface area contributed by atoms with Crippen molar-refractivity contribution in [2.45, 2.75) is 26.7 Å². The summed E-state index contributed by atoms with van der Waals surface area (Å²) < 4.78 is 0.705. The maximum atomic E-state index is 10.1. The molecule has 0 aromatic heterocycles. The smallest absolute Gasteiger partial charge is 0.241 e. The SMILES string of the molecule is CCCN(CCC)C(=S)S/C=C\[N+](=O)[O-]. The quantitative estimate of drug-likeness (QED) is 0.411. The van der Waals surface area contributed by atoms with Crippen LogP contribution in [-0.4, -0.2) is 27.2 Å². The van der Waals surface area contributed by atoms with Gasteiger partial charge in [0, 0.05) is 18.5 Å². The number of hydrogen-bond acceptors (Lipinski definition) is 4. The van der Waals surface area contributed by atoms with Gasteiger partial charge in [-0.1, -0.05) is 37.8 Å². The van der Waals surface area contributed by atoms with E-state index in [-0.39, 0.29) is 0 Å². The number of hydrogen-bond donors (Lipinski definition) is 0. The van der Waals surface area contributed by atoms with Gasteiger partial charge in [0.1, 0.15) is 4.32 Å². The molecule has 0 rings (SSSR count). The van der Waals surface area contributed by atoms with E-state index in [0.717, 1.165) is 32.1 Å².